The molecule has 0 N–H and O–H groups in total. The standard InChI is InChI=1S/C16H21NO2/c1-11-12(2)19-15(17-11)10-18-14-8-6-13(7-9-14)16(3,4)5/h6-9H,10H2,1-5H3. The largest absolute Gasteiger partial charge is 0.484 e. The van der Waals surface area contributed by atoms with E-state index in [2.05, 4.69) is 37.9 Å². The van der Waals surface area contributed by atoms with Crippen LogP contribution in [0.3, 0.4) is 0 Å². The molecule has 0 amide bonds. The molecular formula is C16H21NO2. The molecule has 0 aliphatic carbocycles. The number of hydrogen-bond acceptors (Lipinski definition) is 3. The van der Waals surface area contributed by atoms with Crippen LogP contribution in [0.5, 0.6) is 5.75 Å². The van der Waals surface area contributed by atoms with E-state index in [0.29, 0.717) is 12.5 Å². The summed E-state index contributed by atoms with van der Waals surface area (Å²) >= 11 is 0. The number of oxazole rings is 1. The first-order chi connectivity index (χ1) is 8.86. The highest BCUT2D eigenvalue weighted by Gasteiger charge is 2.13. The third kappa shape index (κ3) is 3.37. The fraction of sp³-hybridized carbons (Fsp3) is 0.438. The van der Waals surface area contributed by atoms with E-state index < -0.39 is 0 Å². The van der Waals surface area contributed by atoms with E-state index in [1.54, 1.807) is 0 Å². The van der Waals surface area contributed by atoms with E-state index in [-0.39, 0.29) is 5.41 Å². The van der Waals surface area contributed by atoms with Crippen LogP contribution in [-0.4, -0.2) is 4.98 Å². The normalized spacial score (nSPS) is 11.6. The summed E-state index contributed by atoms with van der Waals surface area (Å²) < 4.78 is 11.1. The highest BCUT2D eigenvalue weighted by molar-refractivity contribution is 5.31. The van der Waals surface area contributed by atoms with Crippen molar-refractivity contribution in [2.45, 2.75) is 46.6 Å². The molecule has 0 saturated carbocycles. The van der Waals surface area contributed by atoms with Crippen molar-refractivity contribution in [1.82, 2.24) is 4.98 Å². The lowest BCUT2D eigenvalue weighted by molar-refractivity contribution is 0.260. The van der Waals surface area contributed by atoms with Gasteiger partial charge in [-0.3, -0.25) is 0 Å². The molecule has 2 aromatic rings. The highest BCUT2D eigenvalue weighted by atomic mass is 16.5. The SMILES string of the molecule is Cc1nc(COc2ccc(C(C)(C)C)cc2)oc1C. The van der Waals surface area contributed by atoms with Crippen molar-refractivity contribution in [2.75, 3.05) is 0 Å². The van der Waals surface area contributed by atoms with Crippen molar-refractivity contribution < 1.29 is 9.15 Å². The number of nitrogens with zero attached hydrogens (tertiary/aromatic N) is 1. The summed E-state index contributed by atoms with van der Waals surface area (Å²) in [5, 5.41) is 0. The Hall–Kier alpha value is -1.77. The molecule has 0 saturated heterocycles. The molecule has 102 valence electrons. The van der Waals surface area contributed by atoms with E-state index in [0.717, 1.165) is 17.2 Å². The zero-order valence-electron chi connectivity index (χ0n) is 12.3. The van der Waals surface area contributed by atoms with Gasteiger partial charge in [0.25, 0.3) is 0 Å². The van der Waals surface area contributed by atoms with Gasteiger partial charge in [-0.05, 0) is 37.0 Å². The summed E-state index contributed by atoms with van der Waals surface area (Å²) in [6, 6.07) is 8.18. The van der Waals surface area contributed by atoms with Gasteiger partial charge >= 0.3 is 0 Å². The predicted octanol–water partition coefficient (Wildman–Crippen LogP) is 4.17. The third-order valence-electron chi connectivity index (χ3n) is 3.16. The number of benzene rings is 1. The summed E-state index contributed by atoms with van der Waals surface area (Å²) in [5.41, 5.74) is 2.37. The van der Waals surface area contributed by atoms with Crippen molar-refractivity contribution >= 4 is 0 Å². The molecule has 0 radical (unpaired) electrons. The van der Waals surface area contributed by atoms with Gasteiger partial charge in [0.15, 0.2) is 6.61 Å². The average molecular weight is 259 g/mol. The van der Waals surface area contributed by atoms with Gasteiger partial charge in [-0.25, -0.2) is 4.98 Å². The minimum absolute atomic E-state index is 0.162. The fourth-order valence-corrected chi connectivity index (χ4v) is 1.80. The van der Waals surface area contributed by atoms with Gasteiger partial charge < -0.3 is 9.15 Å². The Morgan fingerprint density at radius 1 is 1.11 bits per heavy atom. The summed E-state index contributed by atoms with van der Waals surface area (Å²) in [4.78, 5) is 4.29. The van der Waals surface area contributed by atoms with Crippen molar-refractivity contribution in [3.05, 3.63) is 47.2 Å². The van der Waals surface area contributed by atoms with E-state index >= 15 is 0 Å². The van der Waals surface area contributed by atoms with Crippen LogP contribution >= 0.6 is 0 Å². The topological polar surface area (TPSA) is 35.3 Å². The molecule has 0 aliphatic heterocycles. The van der Waals surface area contributed by atoms with E-state index in [4.69, 9.17) is 9.15 Å². The Bertz CT molecular complexity index is 528. The first-order valence-corrected chi connectivity index (χ1v) is 6.52. The van der Waals surface area contributed by atoms with Crippen molar-refractivity contribution in [1.29, 1.82) is 0 Å². The monoisotopic (exact) mass is 259 g/mol. The van der Waals surface area contributed by atoms with Crippen molar-refractivity contribution in [2.24, 2.45) is 0 Å². The Kier molecular flexibility index (Phi) is 3.65. The first-order valence-electron chi connectivity index (χ1n) is 6.52. The molecule has 2 rings (SSSR count). The maximum Gasteiger partial charge on any atom is 0.232 e. The van der Waals surface area contributed by atoms with Gasteiger partial charge in [-0.1, -0.05) is 32.9 Å². The fourth-order valence-electron chi connectivity index (χ4n) is 1.80. The van der Waals surface area contributed by atoms with Gasteiger partial charge in [-0.2, -0.15) is 0 Å². The first kappa shape index (κ1) is 13.7. The van der Waals surface area contributed by atoms with Crippen LogP contribution < -0.4 is 4.74 Å². The molecule has 0 aliphatic rings. The van der Waals surface area contributed by atoms with Crippen LogP contribution in [0.1, 0.15) is 43.7 Å². The molecule has 19 heavy (non-hydrogen) atoms. The number of hydrogen-bond donors (Lipinski definition) is 0. The second-order valence-corrected chi connectivity index (χ2v) is 5.81. The zero-order valence-corrected chi connectivity index (χ0v) is 12.3. The minimum Gasteiger partial charge on any atom is -0.484 e. The van der Waals surface area contributed by atoms with Crippen LogP contribution in [0.4, 0.5) is 0 Å². The van der Waals surface area contributed by atoms with E-state index in [1.165, 1.54) is 5.56 Å². The summed E-state index contributed by atoms with van der Waals surface area (Å²) in [5.74, 6) is 2.30. The maximum absolute atomic E-state index is 5.67. The molecule has 1 aromatic heterocycles. The van der Waals surface area contributed by atoms with Gasteiger partial charge in [-0.15, -0.1) is 0 Å². The summed E-state index contributed by atoms with van der Waals surface area (Å²) in [6.07, 6.45) is 0. The molecule has 0 bridgehead atoms. The molecular weight excluding hydrogens is 238 g/mol. The lowest BCUT2D eigenvalue weighted by Crippen LogP contribution is -2.10. The molecule has 3 nitrogen and oxygen atoms in total. The summed E-state index contributed by atoms with van der Waals surface area (Å²) in [6.45, 7) is 10.8. The number of aromatic nitrogens is 1. The minimum atomic E-state index is 0.162. The van der Waals surface area contributed by atoms with Gasteiger partial charge in [0, 0.05) is 0 Å². The van der Waals surface area contributed by atoms with Crippen molar-refractivity contribution in [3.8, 4) is 5.75 Å². The number of rotatable bonds is 3. The predicted molar refractivity (Wildman–Crippen MR) is 75.5 cm³/mol. The van der Waals surface area contributed by atoms with Crippen molar-refractivity contribution in [3.63, 3.8) is 0 Å². The Morgan fingerprint density at radius 2 is 1.74 bits per heavy atom. The van der Waals surface area contributed by atoms with Crippen LogP contribution in [0.2, 0.25) is 0 Å². The number of ether oxygens (including phenoxy) is 1. The quantitative estimate of drug-likeness (QED) is 0.830. The highest BCUT2D eigenvalue weighted by Crippen LogP contribution is 2.24. The molecule has 3 heteroatoms. The molecule has 0 unspecified atom stereocenters. The van der Waals surface area contributed by atoms with E-state index in [9.17, 15) is 0 Å². The molecule has 1 aromatic carbocycles. The van der Waals surface area contributed by atoms with Crippen LogP contribution in [0.15, 0.2) is 28.7 Å². The molecule has 0 atom stereocenters. The summed E-state index contributed by atoms with van der Waals surface area (Å²) in [7, 11) is 0. The maximum atomic E-state index is 5.67. The lowest BCUT2D eigenvalue weighted by Gasteiger charge is -2.19. The average Bonchev–Trinajstić information content (AvgIpc) is 2.66. The van der Waals surface area contributed by atoms with Gasteiger partial charge in [0.1, 0.15) is 11.5 Å². The smallest absolute Gasteiger partial charge is 0.232 e. The third-order valence-corrected chi connectivity index (χ3v) is 3.16. The molecule has 0 fully saturated rings. The Balaban J connectivity index is 2.00. The zero-order chi connectivity index (χ0) is 14.0. The Labute approximate surface area is 114 Å². The van der Waals surface area contributed by atoms with Crippen LogP contribution in [0, 0.1) is 13.8 Å². The second kappa shape index (κ2) is 5.08. The second-order valence-electron chi connectivity index (χ2n) is 5.81. The van der Waals surface area contributed by atoms with E-state index in [1.807, 2.05) is 26.0 Å². The van der Waals surface area contributed by atoms with Crippen LogP contribution in [0.25, 0.3) is 0 Å². The lowest BCUT2D eigenvalue weighted by atomic mass is 9.87. The van der Waals surface area contributed by atoms with Crippen LogP contribution in [-0.2, 0) is 12.0 Å². The number of aryl methyl sites for hydroxylation is 2. The molecule has 1 heterocycles. The molecule has 0 spiro atoms. The van der Waals surface area contributed by atoms with Gasteiger partial charge in [0.05, 0.1) is 5.69 Å². The Morgan fingerprint density at radius 3 is 2.21 bits per heavy atom. The van der Waals surface area contributed by atoms with Gasteiger partial charge in [0.2, 0.25) is 5.89 Å².